The predicted molar refractivity (Wildman–Crippen MR) is 68.9 cm³/mol. The molecule has 0 fully saturated rings. The summed E-state index contributed by atoms with van der Waals surface area (Å²) >= 11 is 0. The van der Waals surface area contributed by atoms with Crippen molar-refractivity contribution in [3.8, 4) is 0 Å². The first-order valence-corrected chi connectivity index (χ1v) is 6.11. The maximum absolute atomic E-state index is 12.0. The fourth-order valence-corrected chi connectivity index (χ4v) is 1.72. The zero-order chi connectivity index (χ0) is 13.5. The minimum absolute atomic E-state index is 0.326. The van der Waals surface area contributed by atoms with Gasteiger partial charge in [0.2, 0.25) is 5.91 Å². The molecule has 4 nitrogen and oxygen atoms in total. The van der Waals surface area contributed by atoms with Crippen molar-refractivity contribution in [2.24, 2.45) is 5.92 Å². The highest BCUT2D eigenvalue weighted by atomic mass is 16.4. The van der Waals surface area contributed by atoms with Crippen LogP contribution in [0.15, 0.2) is 30.3 Å². The van der Waals surface area contributed by atoms with Gasteiger partial charge in [0.05, 0.1) is 0 Å². The second-order valence-electron chi connectivity index (χ2n) is 4.31. The number of benzene rings is 1. The Labute approximate surface area is 107 Å². The molecule has 0 aliphatic carbocycles. The largest absolute Gasteiger partial charge is 0.481 e. The Morgan fingerprint density at radius 2 is 1.89 bits per heavy atom. The molecule has 0 saturated heterocycles. The summed E-state index contributed by atoms with van der Waals surface area (Å²) in [6.45, 7) is 4.44. The zero-order valence-electron chi connectivity index (χ0n) is 10.8. The Morgan fingerprint density at radius 1 is 1.28 bits per heavy atom. The van der Waals surface area contributed by atoms with E-state index in [-0.39, 0.29) is 5.91 Å². The number of carbonyl (C=O) groups is 2. The molecule has 1 rings (SSSR count). The zero-order valence-corrected chi connectivity index (χ0v) is 10.8. The monoisotopic (exact) mass is 249 g/mol. The molecule has 1 unspecified atom stereocenters. The Balaban J connectivity index is 2.76. The molecule has 18 heavy (non-hydrogen) atoms. The normalized spacial score (nSPS) is 11.9. The van der Waals surface area contributed by atoms with Crippen LogP contribution in [0.25, 0.3) is 0 Å². The first-order chi connectivity index (χ1) is 8.56. The van der Waals surface area contributed by atoms with Gasteiger partial charge >= 0.3 is 5.97 Å². The molecule has 0 heterocycles. The lowest BCUT2D eigenvalue weighted by molar-refractivity contribution is -0.150. The van der Waals surface area contributed by atoms with Crippen molar-refractivity contribution in [1.29, 1.82) is 0 Å². The highest BCUT2D eigenvalue weighted by Gasteiger charge is 2.25. The summed E-state index contributed by atoms with van der Waals surface area (Å²) in [5, 5.41) is 8.89. The molecule has 0 aromatic heterocycles. The summed E-state index contributed by atoms with van der Waals surface area (Å²) in [5.74, 6) is -2.39. The second kappa shape index (κ2) is 6.79. The first kappa shape index (κ1) is 14.2. The SMILES string of the molecule is CCCN(Cc1ccccc1)C(=O)C(C)C(=O)O. The molecular formula is C14H19NO3. The van der Waals surface area contributed by atoms with Gasteiger partial charge in [-0.25, -0.2) is 0 Å². The number of carboxylic acids is 1. The van der Waals surface area contributed by atoms with Gasteiger partial charge in [-0.1, -0.05) is 37.3 Å². The smallest absolute Gasteiger partial charge is 0.315 e. The average molecular weight is 249 g/mol. The maximum atomic E-state index is 12.0. The van der Waals surface area contributed by atoms with Gasteiger partial charge in [-0.3, -0.25) is 9.59 Å². The number of nitrogens with zero attached hydrogens (tertiary/aromatic N) is 1. The molecule has 0 aliphatic rings. The van der Waals surface area contributed by atoms with Crippen molar-refractivity contribution in [1.82, 2.24) is 4.90 Å². The van der Waals surface area contributed by atoms with Gasteiger partial charge in [-0.15, -0.1) is 0 Å². The summed E-state index contributed by atoms with van der Waals surface area (Å²) in [7, 11) is 0. The molecule has 1 aromatic rings. The van der Waals surface area contributed by atoms with Gasteiger partial charge < -0.3 is 10.0 Å². The summed E-state index contributed by atoms with van der Waals surface area (Å²) in [6, 6.07) is 9.59. The van der Waals surface area contributed by atoms with Gasteiger partial charge in [0.25, 0.3) is 0 Å². The van der Waals surface area contributed by atoms with E-state index in [0.717, 1.165) is 12.0 Å². The highest BCUT2D eigenvalue weighted by molar-refractivity contribution is 5.96. The lowest BCUT2D eigenvalue weighted by atomic mass is 10.1. The van der Waals surface area contributed by atoms with Crippen molar-refractivity contribution in [3.63, 3.8) is 0 Å². The van der Waals surface area contributed by atoms with Crippen LogP contribution in [0.3, 0.4) is 0 Å². The average Bonchev–Trinajstić information content (AvgIpc) is 2.37. The Morgan fingerprint density at radius 3 is 2.39 bits per heavy atom. The molecule has 1 N–H and O–H groups in total. The molecule has 1 amide bonds. The van der Waals surface area contributed by atoms with Crippen molar-refractivity contribution in [3.05, 3.63) is 35.9 Å². The molecule has 0 bridgehead atoms. The Bertz CT molecular complexity index is 403. The van der Waals surface area contributed by atoms with Crippen LogP contribution in [0.4, 0.5) is 0 Å². The van der Waals surface area contributed by atoms with E-state index < -0.39 is 11.9 Å². The standard InChI is InChI=1S/C14H19NO3/c1-3-9-15(13(16)11(2)14(17)18)10-12-7-5-4-6-8-12/h4-8,11H,3,9-10H2,1-2H3,(H,17,18). The van der Waals surface area contributed by atoms with Crippen LogP contribution in [0.5, 0.6) is 0 Å². The lowest BCUT2D eigenvalue weighted by Gasteiger charge is -2.24. The van der Waals surface area contributed by atoms with Crippen LogP contribution in [0, 0.1) is 5.92 Å². The molecular weight excluding hydrogens is 230 g/mol. The van der Waals surface area contributed by atoms with E-state index in [2.05, 4.69) is 0 Å². The number of hydrogen-bond donors (Lipinski definition) is 1. The van der Waals surface area contributed by atoms with E-state index in [0.29, 0.717) is 13.1 Å². The topological polar surface area (TPSA) is 57.6 Å². The Kier molecular flexibility index (Phi) is 5.36. The third-order valence-electron chi connectivity index (χ3n) is 2.76. The van der Waals surface area contributed by atoms with E-state index in [4.69, 9.17) is 5.11 Å². The molecule has 0 saturated carbocycles. The van der Waals surface area contributed by atoms with Gasteiger partial charge in [0.1, 0.15) is 5.92 Å². The molecule has 4 heteroatoms. The van der Waals surface area contributed by atoms with Crippen LogP contribution in [0.1, 0.15) is 25.8 Å². The number of carboxylic acid groups (broad SMARTS) is 1. The van der Waals surface area contributed by atoms with Crippen molar-refractivity contribution in [2.45, 2.75) is 26.8 Å². The summed E-state index contributed by atoms with van der Waals surface area (Å²) in [4.78, 5) is 24.5. The van der Waals surface area contributed by atoms with Crippen molar-refractivity contribution >= 4 is 11.9 Å². The number of hydrogen-bond acceptors (Lipinski definition) is 2. The highest BCUT2D eigenvalue weighted by Crippen LogP contribution is 2.10. The van der Waals surface area contributed by atoms with Crippen molar-refractivity contribution in [2.75, 3.05) is 6.54 Å². The maximum Gasteiger partial charge on any atom is 0.315 e. The molecule has 0 aliphatic heterocycles. The van der Waals surface area contributed by atoms with Crippen molar-refractivity contribution < 1.29 is 14.7 Å². The number of amides is 1. The van der Waals surface area contributed by atoms with E-state index in [9.17, 15) is 9.59 Å². The number of carbonyl (C=O) groups excluding carboxylic acids is 1. The predicted octanol–water partition coefficient (Wildman–Crippen LogP) is 2.15. The third kappa shape index (κ3) is 3.87. The van der Waals surface area contributed by atoms with E-state index in [1.54, 1.807) is 4.90 Å². The lowest BCUT2D eigenvalue weighted by Crippen LogP contribution is -2.38. The van der Waals surface area contributed by atoms with Gasteiger partial charge in [0.15, 0.2) is 0 Å². The molecule has 0 spiro atoms. The fourth-order valence-electron chi connectivity index (χ4n) is 1.72. The van der Waals surface area contributed by atoms with E-state index in [1.165, 1.54) is 6.92 Å². The summed E-state index contributed by atoms with van der Waals surface area (Å²) in [6.07, 6.45) is 0.810. The third-order valence-corrected chi connectivity index (χ3v) is 2.76. The molecule has 98 valence electrons. The van der Waals surface area contributed by atoms with Gasteiger partial charge in [0, 0.05) is 13.1 Å². The van der Waals surface area contributed by atoms with Gasteiger partial charge in [-0.05, 0) is 18.9 Å². The summed E-state index contributed by atoms with van der Waals surface area (Å²) in [5.41, 5.74) is 1.01. The minimum Gasteiger partial charge on any atom is -0.481 e. The fraction of sp³-hybridized carbons (Fsp3) is 0.429. The minimum atomic E-state index is -1.07. The molecule has 1 atom stereocenters. The second-order valence-corrected chi connectivity index (χ2v) is 4.31. The first-order valence-electron chi connectivity index (χ1n) is 6.11. The van der Waals surface area contributed by atoms with Crippen LogP contribution in [0.2, 0.25) is 0 Å². The summed E-state index contributed by atoms with van der Waals surface area (Å²) < 4.78 is 0. The number of rotatable bonds is 6. The van der Waals surface area contributed by atoms with Crippen LogP contribution in [-0.4, -0.2) is 28.4 Å². The Hall–Kier alpha value is -1.84. The van der Waals surface area contributed by atoms with Crippen LogP contribution in [-0.2, 0) is 16.1 Å². The number of aliphatic carboxylic acids is 1. The van der Waals surface area contributed by atoms with E-state index in [1.807, 2.05) is 37.3 Å². The van der Waals surface area contributed by atoms with E-state index >= 15 is 0 Å². The quantitative estimate of drug-likeness (QED) is 0.786. The van der Waals surface area contributed by atoms with Crippen LogP contribution >= 0.6 is 0 Å². The van der Waals surface area contributed by atoms with Gasteiger partial charge in [-0.2, -0.15) is 0 Å². The molecule has 1 aromatic carbocycles. The van der Waals surface area contributed by atoms with Crippen LogP contribution < -0.4 is 0 Å². The molecule has 0 radical (unpaired) electrons.